The maximum Gasteiger partial charge on any atom is 0.0992 e. The normalized spacial score (nSPS) is 9.87. The van der Waals surface area contributed by atoms with E-state index >= 15 is 0 Å². The van der Waals surface area contributed by atoms with Crippen LogP contribution >= 0.6 is 22.6 Å². The molecule has 2 rings (SSSR count). The van der Waals surface area contributed by atoms with Gasteiger partial charge in [0.05, 0.1) is 32.8 Å². The van der Waals surface area contributed by atoms with Crippen LogP contribution in [0.1, 0.15) is 5.56 Å². The molecule has 0 radical (unpaired) electrons. The zero-order valence-electron chi connectivity index (χ0n) is 7.68. The van der Waals surface area contributed by atoms with Crippen LogP contribution in [-0.2, 0) is 0 Å². The van der Waals surface area contributed by atoms with E-state index in [1.165, 1.54) is 0 Å². The van der Waals surface area contributed by atoms with Crippen molar-refractivity contribution in [2.45, 2.75) is 0 Å². The van der Waals surface area contributed by atoms with Gasteiger partial charge in [0.1, 0.15) is 0 Å². The predicted octanol–water partition coefficient (Wildman–Crippen LogP) is 1.93. The van der Waals surface area contributed by atoms with Crippen molar-refractivity contribution >= 4 is 28.3 Å². The van der Waals surface area contributed by atoms with Gasteiger partial charge in [-0.3, -0.25) is 0 Å². The summed E-state index contributed by atoms with van der Waals surface area (Å²) in [5, 5.41) is 12.8. The van der Waals surface area contributed by atoms with E-state index in [9.17, 15) is 0 Å². The Labute approximate surface area is 100 Å². The minimum atomic E-state index is 0.550. The summed E-state index contributed by atoms with van der Waals surface area (Å²) in [7, 11) is 0. The second-order valence-corrected chi connectivity index (χ2v) is 4.23. The quantitative estimate of drug-likeness (QED) is 0.646. The summed E-state index contributed by atoms with van der Waals surface area (Å²) >= 11 is 2.18. The molecular formula is C10H7IN4. The van der Waals surface area contributed by atoms with Crippen LogP contribution in [0.5, 0.6) is 0 Å². The molecule has 5 heteroatoms. The lowest BCUT2D eigenvalue weighted by atomic mass is 10.2. The largest absolute Gasteiger partial charge is 0.397 e. The highest BCUT2D eigenvalue weighted by Crippen LogP contribution is 2.18. The molecule has 0 fully saturated rings. The number of halogens is 1. The number of hydrogen-bond donors (Lipinski definition) is 1. The van der Waals surface area contributed by atoms with Crippen molar-refractivity contribution in [3.05, 3.63) is 39.7 Å². The molecule has 0 saturated heterocycles. The molecule has 1 aromatic heterocycles. The number of nitrogen functional groups attached to an aromatic ring is 1. The molecule has 0 bridgehead atoms. The lowest BCUT2D eigenvalue weighted by molar-refractivity contribution is 0.882. The van der Waals surface area contributed by atoms with Crippen LogP contribution in [0.4, 0.5) is 5.69 Å². The Morgan fingerprint density at radius 2 is 2.27 bits per heavy atom. The van der Waals surface area contributed by atoms with E-state index in [-0.39, 0.29) is 0 Å². The van der Waals surface area contributed by atoms with E-state index < -0.39 is 0 Å². The first-order valence-electron chi connectivity index (χ1n) is 4.21. The van der Waals surface area contributed by atoms with Crippen molar-refractivity contribution in [1.82, 2.24) is 9.78 Å². The minimum absolute atomic E-state index is 0.550. The lowest BCUT2D eigenvalue weighted by Crippen LogP contribution is -2.00. The summed E-state index contributed by atoms with van der Waals surface area (Å²) in [6.07, 6.45) is 3.62. The minimum Gasteiger partial charge on any atom is -0.397 e. The number of anilines is 1. The third kappa shape index (κ3) is 1.94. The molecular weight excluding hydrogens is 303 g/mol. The van der Waals surface area contributed by atoms with E-state index in [1.807, 2.05) is 12.3 Å². The summed E-state index contributed by atoms with van der Waals surface area (Å²) in [4.78, 5) is 0. The molecule has 74 valence electrons. The van der Waals surface area contributed by atoms with Crippen LogP contribution in [0.2, 0.25) is 0 Å². The predicted molar refractivity (Wildman–Crippen MR) is 65.4 cm³/mol. The van der Waals surface area contributed by atoms with Crippen molar-refractivity contribution in [3.8, 4) is 11.8 Å². The first-order chi connectivity index (χ1) is 7.20. The monoisotopic (exact) mass is 310 g/mol. The van der Waals surface area contributed by atoms with Gasteiger partial charge in [-0.2, -0.15) is 10.4 Å². The fraction of sp³-hybridized carbons (Fsp3) is 0. The Hall–Kier alpha value is -1.55. The molecule has 2 aromatic rings. The number of nitrogens with two attached hydrogens (primary N) is 1. The highest BCUT2D eigenvalue weighted by Gasteiger charge is 2.04. The van der Waals surface area contributed by atoms with Crippen molar-refractivity contribution in [3.63, 3.8) is 0 Å². The van der Waals surface area contributed by atoms with Gasteiger partial charge in [-0.25, -0.2) is 4.68 Å². The van der Waals surface area contributed by atoms with Crippen molar-refractivity contribution in [1.29, 1.82) is 5.26 Å². The summed E-state index contributed by atoms with van der Waals surface area (Å²) < 4.78 is 2.73. The molecule has 0 saturated carbocycles. The van der Waals surface area contributed by atoms with Gasteiger partial charge in [0.25, 0.3) is 0 Å². The maximum atomic E-state index is 8.70. The molecule has 4 nitrogen and oxygen atoms in total. The molecule has 0 aliphatic rings. The zero-order chi connectivity index (χ0) is 10.8. The van der Waals surface area contributed by atoms with Crippen LogP contribution in [0, 0.1) is 14.9 Å². The first kappa shape index (κ1) is 9.98. The Bertz CT molecular complexity index is 539. The molecule has 0 spiro atoms. The third-order valence-corrected chi connectivity index (χ3v) is 2.51. The van der Waals surface area contributed by atoms with Gasteiger partial charge < -0.3 is 5.73 Å². The second kappa shape index (κ2) is 3.90. The summed E-state index contributed by atoms with van der Waals surface area (Å²) in [6.45, 7) is 0. The first-order valence-corrected chi connectivity index (χ1v) is 5.29. The maximum absolute atomic E-state index is 8.70. The van der Waals surface area contributed by atoms with E-state index in [0.29, 0.717) is 11.3 Å². The average molecular weight is 310 g/mol. The Kier molecular flexibility index (Phi) is 2.60. The zero-order valence-corrected chi connectivity index (χ0v) is 9.84. The van der Waals surface area contributed by atoms with Gasteiger partial charge in [-0.1, -0.05) is 0 Å². The van der Waals surface area contributed by atoms with Crippen LogP contribution in [0.15, 0.2) is 30.6 Å². The topological polar surface area (TPSA) is 67.6 Å². The highest BCUT2D eigenvalue weighted by atomic mass is 127. The second-order valence-electron chi connectivity index (χ2n) is 2.99. The Balaban J connectivity index is 2.51. The fourth-order valence-electron chi connectivity index (χ4n) is 1.27. The molecule has 0 aliphatic heterocycles. The van der Waals surface area contributed by atoms with E-state index in [0.717, 1.165) is 9.26 Å². The summed E-state index contributed by atoms with van der Waals surface area (Å²) in [5.41, 5.74) is 7.72. The number of benzene rings is 1. The molecule has 1 aromatic carbocycles. The van der Waals surface area contributed by atoms with Gasteiger partial charge in [-0.05, 0) is 40.8 Å². The van der Waals surface area contributed by atoms with E-state index in [4.69, 9.17) is 11.0 Å². The van der Waals surface area contributed by atoms with Gasteiger partial charge in [0.15, 0.2) is 0 Å². The Morgan fingerprint density at radius 1 is 1.47 bits per heavy atom. The fourth-order valence-corrected chi connectivity index (χ4v) is 1.65. The van der Waals surface area contributed by atoms with Crippen molar-refractivity contribution in [2.24, 2.45) is 0 Å². The number of hydrogen-bond acceptors (Lipinski definition) is 3. The van der Waals surface area contributed by atoms with Crippen molar-refractivity contribution < 1.29 is 0 Å². The standard InChI is InChI=1S/C10H7IN4/c11-8-5-14-15(6-8)10-2-1-7(4-12)3-9(10)13/h1-3,5-6H,13H2. The highest BCUT2D eigenvalue weighted by molar-refractivity contribution is 14.1. The van der Waals surface area contributed by atoms with Gasteiger partial charge >= 0.3 is 0 Å². The van der Waals surface area contributed by atoms with Crippen LogP contribution in [0.3, 0.4) is 0 Å². The molecule has 15 heavy (non-hydrogen) atoms. The molecule has 2 N–H and O–H groups in total. The molecule has 0 aliphatic carbocycles. The van der Waals surface area contributed by atoms with Crippen LogP contribution in [-0.4, -0.2) is 9.78 Å². The van der Waals surface area contributed by atoms with Crippen molar-refractivity contribution in [2.75, 3.05) is 5.73 Å². The van der Waals surface area contributed by atoms with Gasteiger partial charge in [0, 0.05) is 6.20 Å². The number of aromatic nitrogens is 2. The molecule has 0 amide bonds. The summed E-state index contributed by atoms with van der Waals surface area (Å²) in [6, 6.07) is 7.19. The number of nitrogens with zero attached hydrogens (tertiary/aromatic N) is 3. The smallest absolute Gasteiger partial charge is 0.0992 e. The molecule has 1 heterocycles. The average Bonchev–Trinajstić information content (AvgIpc) is 2.64. The SMILES string of the molecule is N#Cc1ccc(-n2cc(I)cn2)c(N)c1. The molecule has 0 atom stereocenters. The van der Waals surface area contributed by atoms with Gasteiger partial charge in [-0.15, -0.1) is 0 Å². The summed E-state index contributed by atoms with van der Waals surface area (Å²) in [5.74, 6) is 0. The number of nitriles is 1. The molecule has 0 unspecified atom stereocenters. The van der Waals surface area contributed by atoms with E-state index in [1.54, 1.807) is 29.1 Å². The lowest BCUT2D eigenvalue weighted by Gasteiger charge is -2.04. The third-order valence-electron chi connectivity index (χ3n) is 1.95. The van der Waals surface area contributed by atoms with Crippen LogP contribution < -0.4 is 5.73 Å². The van der Waals surface area contributed by atoms with E-state index in [2.05, 4.69) is 27.7 Å². The van der Waals surface area contributed by atoms with Gasteiger partial charge in [0.2, 0.25) is 0 Å². The van der Waals surface area contributed by atoms with Crippen LogP contribution in [0.25, 0.3) is 5.69 Å². The Morgan fingerprint density at radius 3 is 2.80 bits per heavy atom. The number of rotatable bonds is 1.